The number of aromatic nitrogens is 3. The van der Waals surface area contributed by atoms with Gasteiger partial charge < -0.3 is 9.88 Å². The van der Waals surface area contributed by atoms with E-state index < -0.39 is 0 Å². The number of imidazole rings is 1. The number of likely N-dealkylation sites (tertiary alicyclic amines) is 1. The minimum absolute atomic E-state index is 0.00426. The molecule has 0 radical (unpaired) electrons. The van der Waals surface area contributed by atoms with Gasteiger partial charge in [0.2, 0.25) is 0 Å². The van der Waals surface area contributed by atoms with Crippen molar-refractivity contribution in [3.05, 3.63) is 89.2 Å². The monoisotopic (exact) mass is 499 g/mol. The van der Waals surface area contributed by atoms with E-state index in [0.29, 0.717) is 11.6 Å². The van der Waals surface area contributed by atoms with E-state index in [-0.39, 0.29) is 5.91 Å². The zero-order chi connectivity index (χ0) is 24.9. The van der Waals surface area contributed by atoms with Gasteiger partial charge in [0.1, 0.15) is 0 Å². The second kappa shape index (κ2) is 11.3. The van der Waals surface area contributed by atoms with Crippen molar-refractivity contribution in [2.45, 2.75) is 50.2 Å². The molecule has 4 aromatic rings. The highest BCUT2D eigenvalue weighted by Gasteiger charge is 2.23. The first-order chi connectivity index (χ1) is 17.6. The van der Waals surface area contributed by atoms with Crippen molar-refractivity contribution in [2.24, 2.45) is 0 Å². The fourth-order valence-corrected chi connectivity index (χ4v) is 5.93. The van der Waals surface area contributed by atoms with Crippen molar-refractivity contribution in [3.63, 3.8) is 0 Å². The molecule has 1 aliphatic rings. The van der Waals surface area contributed by atoms with Crippen LogP contribution in [0.1, 0.15) is 46.8 Å². The van der Waals surface area contributed by atoms with Crippen LogP contribution in [0.25, 0.3) is 11.0 Å². The number of benzene rings is 2. The number of likely N-dealkylation sites (N-methyl/N-ethyl adjacent to an activating group) is 1. The summed E-state index contributed by atoms with van der Waals surface area (Å²) in [5.74, 6) is 0.782. The molecule has 1 N–H and O–H groups in total. The van der Waals surface area contributed by atoms with Crippen molar-refractivity contribution in [2.75, 3.05) is 19.6 Å². The number of thioether (sulfide) groups is 1. The third-order valence-corrected chi connectivity index (χ3v) is 7.97. The van der Waals surface area contributed by atoms with Gasteiger partial charge >= 0.3 is 0 Å². The van der Waals surface area contributed by atoms with E-state index in [2.05, 4.69) is 57.9 Å². The van der Waals surface area contributed by atoms with Crippen molar-refractivity contribution in [1.82, 2.24) is 24.8 Å². The molecule has 1 amide bonds. The van der Waals surface area contributed by atoms with Crippen LogP contribution in [0.15, 0.2) is 72.1 Å². The van der Waals surface area contributed by atoms with Gasteiger partial charge in [-0.1, -0.05) is 60.6 Å². The highest BCUT2D eigenvalue weighted by Crippen LogP contribution is 2.27. The van der Waals surface area contributed by atoms with E-state index in [1.165, 1.54) is 17.5 Å². The predicted octanol–water partition coefficient (Wildman–Crippen LogP) is 5.29. The van der Waals surface area contributed by atoms with Gasteiger partial charge in [-0.15, -0.1) is 0 Å². The lowest BCUT2D eigenvalue weighted by atomic mass is 10.1. The van der Waals surface area contributed by atoms with Crippen LogP contribution < -0.4 is 5.32 Å². The summed E-state index contributed by atoms with van der Waals surface area (Å²) in [6, 6.07) is 19.0. The SMILES string of the molecule is CCN1CCC[C@H]1CNC(=O)c1ccc(CSc2nc3ccncc3n2Cc2cccc(C)c2)cc1. The topological polar surface area (TPSA) is 63.1 Å². The minimum atomic E-state index is 0.00426. The molecule has 0 spiro atoms. The summed E-state index contributed by atoms with van der Waals surface area (Å²) in [6.07, 6.45) is 6.06. The fraction of sp³-hybridized carbons (Fsp3) is 0.345. The molecule has 3 heterocycles. The van der Waals surface area contributed by atoms with Crippen molar-refractivity contribution in [3.8, 4) is 0 Å². The molecular formula is C29H33N5OS. The highest BCUT2D eigenvalue weighted by atomic mass is 32.2. The van der Waals surface area contributed by atoms with Gasteiger partial charge in [0.05, 0.1) is 23.8 Å². The molecule has 6 nitrogen and oxygen atoms in total. The van der Waals surface area contributed by atoms with Crippen LogP contribution in [0.4, 0.5) is 0 Å². The lowest BCUT2D eigenvalue weighted by Crippen LogP contribution is -2.40. The average Bonchev–Trinajstić information content (AvgIpc) is 3.50. The Morgan fingerprint density at radius 2 is 2.00 bits per heavy atom. The van der Waals surface area contributed by atoms with E-state index in [1.807, 2.05) is 36.5 Å². The number of carbonyl (C=O) groups is 1. The van der Waals surface area contributed by atoms with Gasteiger partial charge in [-0.2, -0.15) is 0 Å². The molecular weight excluding hydrogens is 466 g/mol. The van der Waals surface area contributed by atoms with Gasteiger partial charge in [-0.25, -0.2) is 4.98 Å². The van der Waals surface area contributed by atoms with E-state index >= 15 is 0 Å². The van der Waals surface area contributed by atoms with Crippen molar-refractivity contribution < 1.29 is 4.79 Å². The molecule has 1 aliphatic heterocycles. The summed E-state index contributed by atoms with van der Waals surface area (Å²) in [4.78, 5) is 24.3. The third-order valence-electron chi connectivity index (χ3n) is 6.93. The first-order valence-corrected chi connectivity index (χ1v) is 13.7. The van der Waals surface area contributed by atoms with Gasteiger partial charge in [-0.05, 0) is 62.2 Å². The fourth-order valence-electron chi connectivity index (χ4n) is 4.96. The summed E-state index contributed by atoms with van der Waals surface area (Å²) >= 11 is 1.71. The molecule has 0 unspecified atom stereocenters. The second-order valence-corrected chi connectivity index (χ2v) is 10.4. The Bertz CT molecular complexity index is 1330. The first kappa shape index (κ1) is 24.5. The third kappa shape index (κ3) is 5.63. The van der Waals surface area contributed by atoms with Gasteiger partial charge in [0.25, 0.3) is 5.91 Å². The number of carbonyl (C=O) groups excluding carboxylic acids is 1. The number of rotatable bonds is 9. The Morgan fingerprint density at radius 1 is 1.14 bits per heavy atom. The lowest BCUT2D eigenvalue weighted by molar-refractivity contribution is 0.0941. The van der Waals surface area contributed by atoms with Crippen LogP contribution in [0.3, 0.4) is 0 Å². The molecule has 0 aliphatic carbocycles. The van der Waals surface area contributed by atoms with E-state index in [4.69, 9.17) is 4.98 Å². The molecule has 0 saturated carbocycles. The number of hydrogen-bond acceptors (Lipinski definition) is 5. The van der Waals surface area contributed by atoms with Gasteiger partial charge in [-0.3, -0.25) is 14.7 Å². The zero-order valence-corrected chi connectivity index (χ0v) is 21.8. The zero-order valence-electron chi connectivity index (χ0n) is 21.0. The number of aryl methyl sites for hydroxylation is 1. The summed E-state index contributed by atoms with van der Waals surface area (Å²) < 4.78 is 2.24. The minimum Gasteiger partial charge on any atom is -0.350 e. The molecule has 1 saturated heterocycles. The Labute approximate surface area is 217 Å². The van der Waals surface area contributed by atoms with Crippen LogP contribution in [0.2, 0.25) is 0 Å². The Hall–Kier alpha value is -3.16. The molecule has 1 atom stereocenters. The molecule has 36 heavy (non-hydrogen) atoms. The maximum Gasteiger partial charge on any atom is 0.251 e. The molecule has 2 aromatic heterocycles. The standard InChI is InChI=1S/C29H33N5OS/c1-3-33-15-5-8-25(33)17-31-28(35)24-11-9-22(10-12-24)20-36-29-32-26-13-14-30-18-27(26)34(29)19-23-7-4-6-21(2)16-23/h4,6-7,9-14,16,18,25H,3,5,8,15,17,19-20H2,1-2H3,(H,31,35)/t25-/m0/s1. The van der Waals surface area contributed by atoms with Crippen LogP contribution in [0.5, 0.6) is 0 Å². The summed E-state index contributed by atoms with van der Waals surface area (Å²) in [6.45, 7) is 7.95. The lowest BCUT2D eigenvalue weighted by Gasteiger charge is -2.22. The predicted molar refractivity (Wildman–Crippen MR) is 146 cm³/mol. The van der Waals surface area contributed by atoms with E-state index in [0.717, 1.165) is 60.1 Å². The number of fused-ring (bicyclic) bond motifs is 1. The highest BCUT2D eigenvalue weighted by molar-refractivity contribution is 7.98. The summed E-state index contributed by atoms with van der Waals surface area (Å²) in [5, 5.41) is 4.10. The van der Waals surface area contributed by atoms with Crippen LogP contribution >= 0.6 is 11.8 Å². The van der Waals surface area contributed by atoms with Gasteiger partial charge in [0, 0.05) is 30.1 Å². The van der Waals surface area contributed by atoms with Crippen LogP contribution in [0, 0.1) is 6.92 Å². The molecule has 186 valence electrons. The molecule has 1 fully saturated rings. The smallest absolute Gasteiger partial charge is 0.251 e. The summed E-state index contributed by atoms with van der Waals surface area (Å²) in [7, 11) is 0. The number of amides is 1. The van der Waals surface area contributed by atoms with Crippen molar-refractivity contribution in [1.29, 1.82) is 0 Å². The molecule has 2 aromatic carbocycles. The maximum absolute atomic E-state index is 12.7. The Kier molecular flexibility index (Phi) is 7.68. The quantitative estimate of drug-likeness (QED) is 0.317. The van der Waals surface area contributed by atoms with Crippen LogP contribution in [-0.4, -0.2) is 51.0 Å². The second-order valence-electron chi connectivity index (χ2n) is 9.45. The van der Waals surface area contributed by atoms with Crippen LogP contribution in [-0.2, 0) is 12.3 Å². The summed E-state index contributed by atoms with van der Waals surface area (Å²) in [5.41, 5.74) is 6.36. The maximum atomic E-state index is 12.7. The Balaban J connectivity index is 1.24. The number of hydrogen-bond donors (Lipinski definition) is 1. The Morgan fingerprint density at radius 3 is 2.81 bits per heavy atom. The first-order valence-electron chi connectivity index (χ1n) is 12.7. The van der Waals surface area contributed by atoms with E-state index in [9.17, 15) is 4.79 Å². The normalized spacial score (nSPS) is 16.0. The van der Waals surface area contributed by atoms with Gasteiger partial charge in [0.15, 0.2) is 5.16 Å². The van der Waals surface area contributed by atoms with E-state index in [1.54, 1.807) is 18.0 Å². The number of nitrogens with one attached hydrogen (secondary N) is 1. The number of nitrogens with zero attached hydrogens (tertiary/aromatic N) is 4. The molecule has 5 rings (SSSR count). The number of pyridine rings is 1. The largest absolute Gasteiger partial charge is 0.350 e. The van der Waals surface area contributed by atoms with Crippen molar-refractivity contribution >= 4 is 28.7 Å². The molecule has 7 heteroatoms. The molecule has 0 bridgehead atoms. The average molecular weight is 500 g/mol.